The molecular weight excluding hydrogens is 258 g/mol. The second-order valence-electron chi connectivity index (χ2n) is 4.29. The molecule has 5 nitrogen and oxygen atoms in total. The maximum absolute atomic E-state index is 12.1. The van der Waals surface area contributed by atoms with E-state index >= 15 is 0 Å². The molecule has 20 heavy (non-hydrogen) atoms. The Labute approximate surface area is 116 Å². The standard InChI is InChI=1S/C15H15NO4/c17-9-11(10-5-2-1-3-6-10)16-15(20)14-12(18)7-4-8-13(14)19/h1-8,11,17-19H,9H2,(H,16,20)/t11-/m1/s1. The number of aromatic hydroxyl groups is 2. The third-order valence-corrected chi connectivity index (χ3v) is 2.94. The summed E-state index contributed by atoms with van der Waals surface area (Å²) in [6, 6.07) is 12.4. The Kier molecular flexibility index (Phi) is 4.22. The Morgan fingerprint density at radius 2 is 1.60 bits per heavy atom. The fourth-order valence-electron chi connectivity index (χ4n) is 1.91. The molecule has 0 aliphatic rings. The average molecular weight is 273 g/mol. The summed E-state index contributed by atoms with van der Waals surface area (Å²) in [6.45, 7) is -0.288. The summed E-state index contributed by atoms with van der Waals surface area (Å²) in [5.74, 6) is -1.27. The number of phenolic OH excluding ortho intramolecular Hbond substituents is 2. The first kappa shape index (κ1) is 13.9. The molecule has 0 saturated carbocycles. The van der Waals surface area contributed by atoms with Crippen molar-refractivity contribution in [3.63, 3.8) is 0 Å². The average Bonchev–Trinajstić information content (AvgIpc) is 2.45. The minimum atomic E-state index is -0.650. The molecule has 0 fully saturated rings. The van der Waals surface area contributed by atoms with Gasteiger partial charge in [0, 0.05) is 0 Å². The van der Waals surface area contributed by atoms with Gasteiger partial charge in [-0.05, 0) is 17.7 Å². The lowest BCUT2D eigenvalue weighted by Gasteiger charge is -2.17. The highest BCUT2D eigenvalue weighted by Crippen LogP contribution is 2.26. The van der Waals surface area contributed by atoms with E-state index in [4.69, 9.17) is 0 Å². The molecule has 1 atom stereocenters. The summed E-state index contributed by atoms with van der Waals surface area (Å²) in [4.78, 5) is 12.1. The van der Waals surface area contributed by atoms with Crippen LogP contribution in [0.5, 0.6) is 11.5 Å². The van der Waals surface area contributed by atoms with Gasteiger partial charge in [0.25, 0.3) is 5.91 Å². The van der Waals surface area contributed by atoms with Crippen LogP contribution in [0.2, 0.25) is 0 Å². The maximum atomic E-state index is 12.1. The van der Waals surface area contributed by atoms with Gasteiger partial charge in [-0.1, -0.05) is 36.4 Å². The van der Waals surface area contributed by atoms with E-state index in [9.17, 15) is 20.1 Å². The van der Waals surface area contributed by atoms with E-state index in [0.717, 1.165) is 5.56 Å². The van der Waals surface area contributed by atoms with E-state index < -0.39 is 11.9 Å². The molecule has 2 aromatic rings. The predicted octanol–water partition coefficient (Wildman–Crippen LogP) is 1.56. The lowest BCUT2D eigenvalue weighted by molar-refractivity contribution is 0.0910. The molecule has 0 unspecified atom stereocenters. The zero-order valence-corrected chi connectivity index (χ0v) is 10.7. The Morgan fingerprint density at radius 1 is 1.00 bits per heavy atom. The lowest BCUT2D eigenvalue weighted by Crippen LogP contribution is -2.30. The van der Waals surface area contributed by atoms with Crippen molar-refractivity contribution in [3.8, 4) is 11.5 Å². The van der Waals surface area contributed by atoms with Crippen molar-refractivity contribution >= 4 is 5.91 Å². The number of amides is 1. The number of phenols is 2. The van der Waals surface area contributed by atoms with Gasteiger partial charge in [-0.3, -0.25) is 4.79 Å². The van der Waals surface area contributed by atoms with E-state index in [-0.39, 0.29) is 23.7 Å². The summed E-state index contributed by atoms with van der Waals surface area (Å²) in [5.41, 5.74) is 0.528. The lowest BCUT2D eigenvalue weighted by atomic mass is 10.1. The van der Waals surface area contributed by atoms with Crippen LogP contribution in [0.3, 0.4) is 0 Å². The third-order valence-electron chi connectivity index (χ3n) is 2.94. The van der Waals surface area contributed by atoms with E-state index in [1.165, 1.54) is 18.2 Å². The minimum absolute atomic E-state index is 0.207. The van der Waals surface area contributed by atoms with Crippen molar-refractivity contribution in [3.05, 3.63) is 59.7 Å². The number of carbonyl (C=O) groups is 1. The molecule has 2 aromatic carbocycles. The predicted molar refractivity (Wildman–Crippen MR) is 73.5 cm³/mol. The smallest absolute Gasteiger partial charge is 0.259 e. The fraction of sp³-hybridized carbons (Fsp3) is 0.133. The van der Waals surface area contributed by atoms with Crippen molar-refractivity contribution in [2.75, 3.05) is 6.61 Å². The zero-order valence-electron chi connectivity index (χ0n) is 10.7. The number of hydrogen-bond acceptors (Lipinski definition) is 4. The first-order valence-electron chi connectivity index (χ1n) is 6.11. The second kappa shape index (κ2) is 6.08. The quantitative estimate of drug-likeness (QED) is 0.680. The van der Waals surface area contributed by atoms with Crippen LogP contribution in [0.15, 0.2) is 48.5 Å². The van der Waals surface area contributed by atoms with E-state index in [1.54, 1.807) is 24.3 Å². The van der Waals surface area contributed by atoms with Crippen molar-refractivity contribution in [1.29, 1.82) is 0 Å². The van der Waals surface area contributed by atoms with Crippen LogP contribution in [-0.2, 0) is 0 Å². The van der Waals surface area contributed by atoms with Crippen LogP contribution in [0.1, 0.15) is 22.0 Å². The van der Waals surface area contributed by atoms with Gasteiger partial charge in [0.15, 0.2) is 0 Å². The van der Waals surface area contributed by atoms with Crippen LogP contribution in [0.25, 0.3) is 0 Å². The molecule has 0 aliphatic carbocycles. The molecule has 4 N–H and O–H groups in total. The summed E-state index contributed by atoms with van der Waals surface area (Å²) >= 11 is 0. The van der Waals surface area contributed by atoms with Crippen LogP contribution in [-0.4, -0.2) is 27.8 Å². The number of rotatable bonds is 4. The summed E-state index contributed by atoms with van der Waals surface area (Å²) in [5, 5.41) is 31.2. The largest absolute Gasteiger partial charge is 0.507 e. The SMILES string of the molecule is O=C(N[C@H](CO)c1ccccc1)c1c(O)cccc1O. The van der Waals surface area contributed by atoms with Gasteiger partial charge in [-0.15, -0.1) is 0 Å². The van der Waals surface area contributed by atoms with Crippen molar-refractivity contribution in [1.82, 2.24) is 5.32 Å². The molecule has 0 saturated heterocycles. The van der Waals surface area contributed by atoms with E-state index in [2.05, 4.69) is 5.32 Å². The minimum Gasteiger partial charge on any atom is -0.507 e. The molecule has 104 valence electrons. The molecule has 0 radical (unpaired) electrons. The first-order chi connectivity index (χ1) is 9.63. The molecule has 0 heterocycles. The van der Waals surface area contributed by atoms with Gasteiger partial charge in [0.1, 0.15) is 17.1 Å². The van der Waals surface area contributed by atoms with E-state index in [0.29, 0.717) is 0 Å². The highest BCUT2D eigenvalue weighted by Gasteiger charge is 2.20. The molecule has 0 spiro atoms. The monoisotopic (exact) mass is 273 g/mol. The number of carbonyl (C=O) groups excluding carboxylic acids is 1. The summed E-state index contributed by atoms with van der Waals surface area (Å²) < 4.78 is 0. The van der Waals surface area contributed by atoms with Crippen LogP contribution in [0.4, 0.5) is 0 Å². The van der Waals surface area contributed by atoms with Gasteiger partial charge in [0.05, 0.1) is 12.6 Å². The number of aliphatic hydroxyl groups excluding tert-OH is 1. The van der Waals surface area contributed by atoms with Gasteiger partial charge in [-0.2, -0.15) is 0 Å². The number of nitrogens with one attached hydrogen (secondary N) is 1. The third kappa shape index (κ3) is 2.89. The highest BCUT2D eigenvalue weighted by atomic mass is 16.3. The summed E-state index contributed by atoms with van der Waals surface area (Å²) in [6.07, 6.45) is 0. The number of benzene rings is 2. The molecular formula is C15H15NO4. The normalized spacial score (nSPS) is 11.8. The van der Waals surface area contributed by atoms with Gasteiger partial charge < -0.3 is 20.6 Å². The molecule has 0 bridgehead atoms. The fourth-order valence-corrected chi connectivity index (χ4v) is 1.91. The second-order valence-corrected chi connectivity index (χ2v) is 4.29. The van der Waals surface area contributed by atoms with Crippen molar-refractivity contribution in [2.45, 2.75) is 6.04 Å². The summed E-state index contributed by atoms with van der Waals surface area (Å²) in [7, 11) is 0. The first-order valence-corrected chi connectivity index (χ1v) is 6.11. The molecule has 0 aromatic heterocycles. The van der Waals surface area contributed by atoms with Crippen molar-refractivity contribution in [2.24, 2.45) is 0 Å². The van der Waals surface area contributed by atoms with Gasteiger partial charge in [-0.25, -0.2) is 0 Å². The molecule has 2 rings (SSSR count). The maximum Gasteiger partial charge on any atom is 0.259 e. The zero-order chi connectivity index (χ0) is 14.5. The molecule has 1 amide bonds. The van der Waals surface area contributed by atoms with E-state index in [1.807, 2.05) is 6.07 Å². The number of aliphatic hydroxyl groups is 1. The Morgan fingerprint density at radius 3 is 2.15 bits per heavy atom. The Balaban J connectivity index is 2.22. The van der Waals surface area contributed by atoms with Crippen LogP contribution >= 0.6 is 0 Å². The van der Waals surface area contributed by atoms with Crippen LogP contribution < -0.4 is 5.32 Å². The molecule has 5 heteroatoms. The Hall–Kier alpha value is -2.53. The van der Waals surface area contributed by atoms with Gasteiger partial charge >= 0.3 is 0 Å². The number of hydrogen-bond donors (Lipinski definition) is 4. The molecule has 0 aliphatic heterocycles. The van der Waals surface area contributed by atoms with Crippen LogP contribution in [0, 0.1) is 0 Å². The van der Waals surface area contributed by atoms with Gasteiger partial charge in [0.2, 0.25) is 0 Å². The topological polar surface area (TPSA) is 89.8 Å². The van der Waals surface area contributed by atoms with Crippen molar-refractivity contribution < 1.29 is 20.1 Å². The Bertz CT molecular complexity index is 578. The highest BCUT2D eigenvalue weighted by molar-refractivity contribution is 5.99.